The van der Waals surface area contributed by atoms with Crippen LogP contribution in [0.25, 0.3) is 0 Å². The quantitative estimate of drug-likeness (QED) is 0.107. The topological polar surface area (TPSA) is 80.3 Å². The van der Waals surface area contributed by atoms with Gasteiger partial charge in [0.1, 0.15) is 0 Å². The molecule has 0 saturated carbocycles. The first-order valence-corrected chi connectivity index (χ1v) is 15.9. The molecule has 0 unspecified atom stereocenters. The van der Waals surface area contributed by atoms with E-state index >= 15 is 0 Å². The molecule has 0 atom stereocenters. The average Bonchev–Trinajstić information content (AvgIpc) is 2.85. The van der Waals surface area contributed by atoms with Crippen molar-refractivity contribution in [2.75, 3.05) is 0 Å². The van der Waals surface area contributed by atoms with E-state index in [9.17, 15) is 19.8 Å². The average molecular weight is 573 g/mol. The number of carboxylic acid groups (broad SMARTS) is 2. The molecular formula is C32H62KNaO4. The summed E-state index contributed by atoms with van der Waals surface area (Å²) in [5.41, 5.74) is 0. The zero-order chi connectivity index (χ0) is 27.0. The molecule has 0 N–H and O–H groups in total. The van der Waals surface area contributed by atoms with Crippen LogP contribution in [0, 0.1) is 0 Å². The number of hydrogen-bond acceptors (Lipinski definition) is 4. The number of rotatable bonds is 28. The molecule has 0 heterocycles. The molecule has 0 radical (unpaired) electrons. The van der Waals surface area contributed by atoms with E-state index in [1.807, 2.05) is 0 Å². The molecule has 216 valence electrons. The molecule has 0 spiro atoms. The van der Waals surface area contributed by atoms with E-state index < -0.39 is 11.9 Å². The molecule has 0 amide bonds. The van der Waals surface area contributed by atoms with Crippen molar-refractivity contribution in [1.29, 1.82) is 0 Å². The van der Waals surface area contributed by atoms with E-state index in [1.165, 1.54) is 141 Å². The second kappa shape index (κ2) is 43.0. The molecule has 0 aliphatic rings. The summed E-state index contributed by atoms with van der Waals surface area (Å²) in [6.07, 6.45) is 33.9. The van der Waals surface area contributed by atoms with Crippen molar-refractivity contribution in [2.24, 2.45) is 0 Å². The summed E-state index contributed by atoms with van der Waals surface area (Å²) in [6, 6.07) is 0. The maximum Gasteiger partial charge on any atom is 1.00 e. The minimum atomic E-state index is -0.905. The molecule has 6 heteroatoms. The summed E-state index contributed by atoms with van der Waals surface area (Å²) in [4.78, 5) is 20.4. The van der Waals surface area contributed by atoms with Gasteiger partial charge in [0.05, 0.1) is 0 Å². The molecule has 0 rings (SSSR count). The van der Waals surface area contributed by atoms with Crippen LogP contribution in [-0.4, -0.2) is 11.9 Å². The second-order valence-electron chi connectivity index (χ2n) is 10.7. The van der Waals surface area contributed by atoms with Crippen LogP contribution in [0.2, 0.25) is 0 Å². The fourth-order valence-corrected chi connectivity index (χ4v) is 4.57. The summed E-state index contributed by atoms with van der Waals surface area (Å²) >= 11 is 0. The summed E-state index contributed by atoms with van der Waals surface area (Å²) in [6.45, 7) is 4.51. The van der Waals surface area contributed by atoms with Crippen LogP contribution in [0.4, 0.5) is 0 Å². The second-order valence-corrected chi connectivity index (χ2v) is 10.7. The standard InChI is InChI=1S/2C16H32O2.K.Na/c2*1-2-3-4-5-6-7-8-9-10-11-12-13-14-15-16(17)18;;/h2*2-15H2,1H3,(H,17,18);;/q;;2*+1/p-2. The van der Waals surface area contributed by atoms with Crippen molar-refractivity contribution in [3.05, 3.63) is 0 Å². The molecule has 0 aromatic rings. The van der Waals surface area contributed by atoms with Gasteiger partial charge in [-0.1, -0.05) is 168 Å². The largest absolute Gasteiger partial charge is 1.00 e. The third-order valence-corrected chi connectivity index (χ3v) is 6.97. The summed E-state index contributed by atoms with van der Waals surface area (Å²) in [5.74, 6) is -1.81. The normalized spacial score (nSPS) is 10.2. The van der Waals surface area contributed by atoms with Crippen molar-refractivity contribution in [3.63, 3.8) is 0 Å². The molecule has 38 heavy (non-hydrogen) atoms. The Kier molecular flexibility index (Phi) is 52.7. The molecule has 0 aliphatic heterocycles. The summed E-state index contributed by atoms with van der Waals surface area (Å²) in [5, 5.41) is 20.4. The van der Waals surface area contributed by atoms with Gasteiger partial charge in [0.2, 0.25) is 0 Å². The Morgan fingerprint density at radius 2 is 0.526 bits per heavy atom. The molecule has 0 fully saturated rings. The number of carbonyl (C=O) groups is 2. The predicted molar refractivity (Wildman–Crippen MR) is 151 cm³/mol. The van der Waals surface area contributed by atoms with E-state index in [0.29, 0.717) is 0 Å². The molecule has 0 bridgehead atoms. The van der Waals surface area contributed by atoms with Gasteiger partial charge in [0.25, 0.3) is 0 Å². The van der Waals surface area contributed by atoms with Gasteiger partial charge >= 0.3 is 80.9 Å². The van der Waals surface area contributed by atoms with Crippen LogP contribution in [0.15, 0.2) is 0 Å². The van der Waals surface area contributed by atoms with Crippen LogP contribution in [0.1, 0.15) is 194 Å². The smallest absolute Gasteiger partial charge is 0.550 e. The van der Waals surface area contributed by atoms with Crippen molar-refractivity contribution in [1.82, 2.24) is 0 Å². The zero-order valence-corrected chi connectivity index (χ0v) is 31.6. The Balaban J connectivity index is -0.000000289. The van der Waals surface area contributed by atoms with Gasteiger partial charge in [-0.25, -0.2) is 0 Å². The molecule has 0 aromatic heterocycles. The van der Waals surface area contributed by atoms with Gasteiger partial charge in [0, 0.05) is 11.9 Å². The van der Waals surface area contributed by atoms with Gasteiger partial charge < -0.3 is 19.8 Å². The first kappa shape index (κ1) is 46.5. The minimum Gasteiger partial charge on any atom is -0.550 e. The fourth-order valence-electron chi connectivity index (χ4n) is 4.57. The van der Waals surface area contributed by atoms with Crippen LogP contribution in [0.5, 0.6) is 0 Å². The Hall–Kier alpha value is 1.58. The Bertz CT molecular complexity index is 409. The molecule has 4 nitrogen and oxygen atoms in total. The van der Waals surface area contributed by atoms with E-state index in [4.69, 9.17) is 0 Å². The summed E-state index contributed by atoms with van der Waals surface area (Å²) in [7, 11) is 0. The van der Waals surface area contributed by atoms with E-state index in [-0.39, 0.29) is 93.8 Å². The van der Waals surface area contributed by atoms with E-state index in [2.05, 4.69) is 13.8 Å². The monoisotopic (exact) mass is 572 g/mol. The van der Waals surface area contributed by atoms with Crippen molar-refractivity contribution in [2.45, 2.75) is 194 Å². The Labute approximate surface area is 302 Å². The molecule has 0 saturated heterocycles. The van der Waals surface area contributed by atoms with Crippen molar-refractivity contribution < 1.29 is 101 Å². The van der Waals surface area contributed by atoms with Gasteiger partial charge in [-0.15, -0.1) is 0 Å². The molecule has 0 aliphatic carbocycles. The first-order valence-electron chi connectivity index (χ1n) is 15.9. The van der Waals surface area contributed by atoms with Gasteiger partial charge in [-0.05, 0) is 25.7 Å². The Morgan fingerprint density at radius 3 is 0.684 bits per heavy atom. The first-order chi connectivity index (χ1) is 17.5. The fraction of sp³-hybridized carbons (Fsp3) is 0.938. The van der Waals surface area contributed by atoms with Crippen LogP contribution in [-0.2, 0) is 9.59 Å². The zero-order valence-electron chi connectivity index (χ0n) is 26.4. The third-order valence-electron chi connectivity index (χ3n) is 6.97. The van der Waals surface area contributed by atoms with Gasteiger partial charge in [0.15, 0.2) is 0 Å². The van der Waals surface area contributed by atoms with E-state index in [0.717, 1.165) is 25.7 Å². The predicted octanol–water partition coefficient (Wildman–Crippen LogP) is 2.44. The van der Waals surface area contributed by atoms with Gasteiger partial charge in [-0.2, -0.15) is 0 Å². The number of aliphatic carboxylic acids is 2. The number of unbranched alkanes of at least 4 members (excludes halogenated alkanes) is 24. The minimum absolute atomic E-state index is 0. The van der Waals surface area contributed by atoms with Crippen LogP contribution >= 0.6 is 0 Å². The Morgan fingerprint density at radius 1 is 0.368 bits per heavy atom. The SMILES string of the molecule is CCCCCCCCCCCCCCCC(=O)[O-].CCCCCCCCCCCCCCCC(=O)[O-].[K+].[Na+]. The van der Waals surface area contributed by atoms with Gasteiger partial charge in [-0.3, -0.25) is 0 Å². The maximum atomic E-state index is 10.2. The number of hydrogen-bond donors (Lipinski definition) is 0. The maximum absolute atomic E-state index is 10.2. The number of carboxylic acids is 2. The van der Waals surface area contributed by atoms with Crippen molar-refractivity contribution >= 4 is 11.9 Å². The third kappa shape index (κ3) is 50.4. The van der Waals surface area contributed by atoms with Crippen LogP contribution < -0.4 is 91.2 Å². The van der Waals surface area contributed by atoms with Crippen molar-refractivity contribution in [3.8, 4) is 0 Å². The molecule has 0 aromatic carbocycles. The van der Waals surface area contributed by atoms with Crippen LogP contribution in [0.3, 0.4) is 0 Å². The number of carbonyl (C=O) groups excluding carboxylic acids is 2. The molecular weight excluding hydrogens is 510 g/mol. The summed E-state index contributed by atoms with van der Waals surface area (Å²) < 4.78 is 0. The van der Waals surface area contributed by atoms with E-state index in [1.54, 1.807) is 0 Å².